The largest absolute Gasteiger partial charge is 0.488 e. The lowest BCUT2D eigenvalue weighted by Crippen LogP contribution is -2.62. The van der Waals surface area contributed by atoms with E-state index in [0.717, 1.165) is 33.2 Å². The van der Waals surface area contributed by atoms with Crippen molar-refractivity contribution in [3.63, 3.8) is 0 Å². The van der Waals surface area contributed by atoms with E-state index in [0.29, 0.717) is 103 Å². The first-order valence-corrected chi connectivity index (χ1v) is 51.0. The summed E-state index contributed by atoms with van der Waals surface area (Å²) in [5.41, 5.74) is 4.29. The van der Waals surface area contributed by atoms with Crippen molar-refractivity contribution >= 4 is 91.9 Å². The number of hydrogen-bond acceptors (Lipinski definition) is 19. The minimum absolute atomic E-state index is 0.00942. The van der Waals surface area contributed by atoms with Gasteiger partial charge in [0.2, 0.25) is 65.0 Å². The van der Waals surface area contributed by atoms with Crippen LogP contribution < -0.4 is 72.7 Å². The van der Waals surface area contributed by atoms with Crippen LogP contribution in [0.1, 0.15) is 229 Å². The van der Waals surface area contributed by atoms with Crippen LogP contribution in [-0.2, 0) is 98.7 Å². The van der Waals surface area contributed by atoms with Gasteiger partial charge in [-0.3, -0.25) is 58.1 Å². The monoisotopic (exact) mass is 1970 g/mol. The molecule has 11 rings (SSSR count). The summed E-state index contributed by atoms with van der Waals surface area (Å²) < 4.78 is 51.7. The molecule has 3 aliphatic rings. The number of aliphatic carboxylic acids is 1. The summed E-state index contributed by atoms with van der Waals surface area (Å²) in [4.78, 5) is 172. The highest BCUT2D eigenvalue weighted by atomic mass is 32.2. The molecule has 10 atom stereocenters. The third-order valence-corrected chi connectivity index (χ3v) is 27.3. The summed E-state index contributed by atoms with van der Waals surface area (Å²) in [7, 11) is -4.37. The average molecular weight is 1970 g/mol. The maximum Gasteiger partial charge on any atom is 0.303 e. The average Bonchev–Trinajstić information content (AvgIpc) is 1.41. The fourth-order valence-electron chi connectivity index (χ4n) is 18.7. The number of imidazole rings is 1. The van der Waals surface area contributed by atoms with Crippen molar-refractivity contribution < 1.29 is 80.5 Å². The molecule has 0 spiro atoms. The van der Waals surface area contributed by atoms with Crippen LogP contribution in [0.3, 0.4) is 0 Å². The summed E-state index contributed by atoms with van der Waals surface area (Å²) in [5.74, 6) is -7.96. The standard InChI is InChI=1S/C107H145N17O17S/c1-65(2)54-83(95(129)115-82(102(136)124-53-33-44-89(124)101(135)114-67(5)56-90(125)110-50-30-20-27-45-91(126)127)43-32-52-111-103(108)122-142(137,138)93-69(7)68(6)92-79(70(93)8)60-106(15,16)141-92)116-96(130)84(55-66(3)4)117-97(131)85(57-71-46-48-77(49-47-71)140-105(12,13)14)118-100(134)88(63-139-104(9,10)11)121-98(132)86(58-72-61-112-80-41-29-28-40-78(72)80)119-99(133)87(120-94(128)81-42-31-51-109-81)59-76-62-123(64-113-76)107(73-34-21-17-22-35-73,74-36-23-18-24-37-74)75-38-25-19-26-39-75/h17-19,21-26,28-29,34-41,46-49,61-62,64-67,81-89,109,112H,20,27,30-33,42-45,50-60,63H2,1-16H3,(H,110,125)(H,114,135)(H,115,129)(H,116,130)(H,117,131)(H,118,134)(H,119,133)(H,120,128)(H,121,132)(H,126,127)(H3,108,111,122)/t67?,81-,82-,83-,84+,85-,86-,87-,88-,89-/m0/s1. The molecule has 15 N–H and O–H groups in total. The number of nitrogens with one attached hydrogen (secondary N) is 14. The van der Waals surface area contributed by atoms with E-state index in [1.807, 2.05) is 188 Å². The van der Waals surface area contributed by atoms with Crippen molar-refractivity contribution in [3.8, 4) is 11.5 Å². The molecule has 0 aliphatic carbocycles. The van der Waals surface area contributed by atoms with Crippen molar-refractivity contribution in [1.29, 1.82) is 5.41 Å². The lowest BCUT2D eigenvalue weighted by atomic mass is 9.77. The highest BCUT2D eigenvalue weighted by Crippen LogP contribution is 2.45. The van der Waals surface area contributed by atoms with Crippen LogP contribution in [0.15, 0.2) is 163 Å². The van der Waals surface area contributed by atoms with Gasteiger partial charge in [-0.2, -0.15) is 0 Å². The van der Waals surface area contributed by atoms with Gasteiger partial charge < -0.3 is 92.3 Å². The minimum atomic E-state index is -4.37. The van der Waals surface area contributed by atoms with Gasteiger partial charge in [0.05, 0.1) is 35.2 Å². The van der Waals surface area contributed by atoms with Gasteiger partial charge in [-0.15, -0.1) is 0 Å². The second-order valence-electron chi connectivity index (χ2n) is 41.1. The number of amides is 10. The zero-order valence-corrected chi connectivity index (χ0v) is 85.5. The maximum absolute atomic E-state index is 15.9. The fourth-order valence-corrected chi connectivity index (χ4v) is 20.2. The van der Waals surface area contributed by atoms with Crippen molar-refractivity contribution in [2.24, 2.45) is 11.8 Å². The zero-order valence-electron chi connectivity index (χ0n) is 84.7. The molecule has 2 aromatic heterocycles. The second kappa shape index (κ2) is 49.1. The predicted octanol–water partition coefficient (Wildman–Crippen LogP) is 10.0. The van der Waals surface area contributed by atoms with Gasteiger partial charge in [-0.05, 0) is 228 Å². The van der Waals surface area contributed by atoms with E-state index in [-0.39, 0.29) is 99.9 Å². The Morgan fingerprint density at radius 1 is 0.585 bits per heavy atom. The molecular formula is C107H145N17O17S. The van der Waals surface area contributed by atoms with Gasteiger partial charge >= 0.3 is 5.97 Å². The Morgan fingerprint density at radius 2 is 1.13 bits per heavy atom. The molecule has 6 aromatic carbocycles. The molecular weight excluding hydrogens is 1830 g/mol. The Balaban J connectivity index is 0.860. The van der Waals surface area contributed by atoms with E-state index in [2.05, 4.69) is 68.2 Å². The van der Waals surface area contributed by atoms with E-state index in [9.17, 15) is 27.6 Å². The van der Waals surface area contributed by atoms with E-state index in [1.165, 1.54) is 4.90 Å². The number of ether oxygens (including phenoxy) is 3. The van der Waals surface area contributed by atoms with Gasteiger partial charge in [0.1, 0.15) is 76.6 Å². The van der Waals surface area contributed by atoms with Crippen LogP contribution in [0.4, 0.5) is 0 Å². The molecule has 0 radical (unpaired) electrons. The normalized spacial score (nSPS) is 16.4. The molecule has 5 heterocycles. The number of nitrogens with zero attached hydrogens (tertiary/aromatic N) is 3. The summed E-state index contributed by atoms with van der Waals surface area (Å²) >= 11 is 0. The summed E-state index contributed by atoms with van der Waals surface area (Å²) in [6.07, 6.45) is 8.42. The number of carbonyl (C=O) groups is 11. The number of para-hydroxylation sites is 1. The first kappa shape index (κ1) is 109. The number of aromatic nitrogens is 3. The number of aromatic amines is 1. The number of H-pyrrole nitrogens is 1. The molecule has 3 aliphatic heterocycles. The first-order valence-electron chi connectivity index (χ1n) is 49.6. The predicted molar refractivity (Wildman–Crippen MR) is 543 cm³/mol. The highest BCUT2D eigenvalue weighted by Gasteiger charge is 2.44. The summed E-state index contributed by atoms with van der Waals surface area (Å²) in [6.45, 7) is 29.3. The van der Waals surface area contributed by atoms with Gasteiger partial charge in [0, 0.05) is 93.1 Å². The van der Waals surface area contributed by atoms with Gasteiger partial charge in [0.25, 0.3) is 10.0 Å². The second-order valence-corrected chi connectivity index (χ2v) is 42.7. The fraction of sp³-hybridized carbons (Fsp3) is 0.505. The number of unbranched alkanes of at least 4 members (excludes halogenated alkanes) is 2. The Morgan fingerprint density at radius 3 is 1.70 bits per heavy atom. The number of guanidine groups is 1. The summed E-state index contributed by atoms with van der Waals surface area (Å²) in [5, 5.41) is 51.0. The van der Waals surface area contributed by atoms with Crippen LogP contribution in [0.2, 0.25) is 0 Å². The number of likely N-dealkylation sites (tertiary alicyclic amines) is 1. The first-order chi connectivity index (χ1) is 67.3. The van der Waals surface area contributed by atoms with E-state index in [4.69, 9.17) is 29.7 Å². The van der Waals surface area contributed by atoms with E-state index < -0.39 is 164 Å². The highest BCUT2D eigenvalue weighted by molar-refractivity contribution is 7.90. The lowest BCUT2D eigenvalue weighted by Gasteiger charge is -2.37. The third kappa shape index (κ3) is 30.0. The van der Waals surface area contributed by atoms with Crippen molar-refractivity contribution in [1.82, 2.24) is 82.6 Å². The van der Waals surface area contributed by atoms with Gasteiger partial charge in [0.15, 0.2) is 0 Å². The molecule has 1 unspecified atom stereocenters. The number of fused-ring (bicyclic) bond motifs is 2. The van der Waals surface area contributed by atoms with Crippen LogP contribution in [0.5, 0.6) is 11.5 Å². The van der Waals surface area contributed by atoms with Crippen molar-refractivity contribution in [3.05, 3.63) is 214 Å². The smallest absolute Gasteiger partial charge is 0.303 e. The lowest BCUT2D eigenvalue weighted by molar-refractivity contribution is -0.142. The number of carboxylic acid groups (broad SMARTS) is 1. The third-order valence-electron chi connectivity index (χ3n) is 25.7. The number of carboxylic acids is 1. The number of rotatable bonds is 48. The Kier molecular flexibility index (Phi) is 37.8. The van der Waals surface area contributed by atoms with Gasteiger partial charge in [-0.25, -0.2) is 18.1 Å². The molecule has 34 nitrogen and oxygen atoms in total. The molecule has 766 valence electrons. The quantitative estimate of drug-likeness (QED) is 0.00729. The maximum atomic E-state index is 15.9. The minimum Gasteiger partial charge on any atom is -0.488 e. The van der Waals surface area contributed by atoms with Crippen LogP contribution in [0, 0.1) is 38.0 Å². The number of hydrogen-bond donors (Lipinski definition) is 15. The zero-order chi connectivity index (χ0) is 103. The topological polar surface area (TPSA) is 475 Å². The molecule has 8 aromatic rings. The number of carbonyl (C=O) groups excluding carboxylic acids is 10. The number of sulfonamides is 1. The SMILES string of the molecule is Cc1c(C)c(S(=O)(=O)NC(=N)NCCC[C@H](NC(=O)[C@H](CC(C)C)NC(=O)[C@@H](CC(C)C)NC(=O)[C@H](Cc2ccc(OC(C)(C)C)cc2)NC(=O)[C@H](COC(C)(C)C)NC(=O)[C@H](Cc2c[nH]c3ccccc23)NC(=O)[C@H](Cc2cn(C(c3ccccc3)(c3ccccc3)c3ccccc3)cn2)NC(=O)[C@@H]2CCCN2)C(=O)N2CCC[C@H]2C(=O)NC(C)CC(=O)NCCCCCC(=O)O)c(C)c2c1OC(C)(C)C2. The van der Waals surface area contributed by atoms with Crippen molar-refractivity contribution in [2.75, 3.05) is 32.8 Å². The van der Waals surface area contributed by atoms with Crippen LogP contribution in [0.25, 0.3) is 10.9 Å². The molecule has 35 heteroatoms. The molecule has 2 saturated heterocycles. The van der Waals surface area contributed by atoms with E-state index in [1.54, 1.807) is 85.3 Å². The molecule has 10 amide bonds. The molecule has 2 fully saturated rings. The Bertz CT molecular complexity index is 5750. The van der Waals surface area contributed by atoms with Gasteiger partial charge in [-0.1, -0.05) is 155 Å². The molecule has 0 saturated carbocycles. The summed E-state index contributed by atoms with van der Waals surface area (Å²) in [6, 6.07) is 31.7. The molecule has 0 bridgehead atoms. The Labute approximate surface area is 833 Å². The Hall–Kier alpha value is -13.0. The van der Waals surface area contributed by atoms with E-state index >= 15 is 33.6 Å². The van der Waals surface area contributed by atoms with Crippen LogP contribution in [-0.4, -0.2) is 214 Å². The number of benzene rings is 6. The van der Waals surface area contributed by atoms with Crippen LogP contribution >= 0.6 is 0 Å². The van der Waals surface area contributed by atoms with Crippen molar-refractivity contribution in [2.45, 2.75) is 308 Å². The molecule has 142 heavy (non-hydrogen) atoms.